The van der Waals surface area contributed by atoms with Gasteiger partial charge in [0.15, 0.2) is 0 Å². The summed E-state index contributed by atoms with van der Waals surface area (Å²) in [4.78, 5) is 0. The van der Waals surface area contributed by atoms with Gasteiger partial charge in [0.1, 0.15) is 0 Å². The molecule has 0 amide bonds. The Balaban J connectivity index is 2.11. The highest BCUT2D eigenvalue weighted by atomic mass is 16.3. The molecule has 0 saturated heterocycles. The van der Waals surface area contributed by atoms with Gasteiger partial charge in [0.25, 0.3) is 0 Å². The maximum atomic E-state index is 5.11. The van der Waals surface area contributed by atoms with E-state index in [0.29, 0.717) is 6.04 Å². The van der Waals surface area contributed by atoms with E-state index in [1.807, 2.05) is 6.07 Å². The van der Waals surface area contributed by atoms with Crippen molar-refractivity contribution in [3.05, 3.63) is 48.4 Å². The Morgan fingerprint density at radius 2 is 1.83 bits per heavy atom. The van der Waals surface area contributed by atoms with E-state index in [2.05, 4.69) is 43.4 Å². The van der Waals surface area contributed by atoms with E-state index < -0.39 is 0 Å². The predicted octanol–water partition coefficient (Wildman–Crippen LogP) is 4.40. The fourth-order valence-corrected chi connectivity index (χ4v) is 2.15. The van der Waals surface area contributed by atoms with Crippen molar-refractivity contribution in [2.45, 2.75) is 32.7 Å². The van der Waals surface area contributed by atoms with E-state index in [1.54, 1.807) is 12.5 Å². The van der Waals surface area contributed by atoms with Gasteiger partial charge >= 0.3 is 0 Å². The van der Waals surface area contributed by atoms with Crippen molar-refractivity contribution in [3.63, 3.8) is 0 Å². The first-order valence-electron chi connectivity index (χ1n) is 6.71. The molecule has 1 N–H and O–H groups in total. The zero-order valence-electron chi connectivity index (χ0n) is 11.1. The monoisotopic (exact) mass is 243 g/mol. The molecule has 2 heteroatoms. The largest absolute Gasteiger partial charge is 0.472 e. The van der Waals surface area contributed by atoms with Crippen LogP contribution in [-0.2, 0) is 0 Å². The zero-order chi connectivity index (χ0) is 12.8. The minimum absolute atomic E-state index is 0.461. The van der Waals surface area contributed by atoms with E-state index in [-0.39, 0.29) is 0 Å². The molecule has 96 valence electrons. The number of hydrogen-bond donors (Lipinski definition) is 1. The van der Waals surface area contributed by atoms with Gasteiger partial charge in [0.2, 0.25) is 0 Å². The van der Waals surface area contributed by atoms with Crippen LogP contribution < -0.4 is 5.32 Å². The van der Waals surface area contributed by atoms with Crippen LogP contribution in [0.5, 0.6) is 0 Å². The molecule has 2 aromatic rings. The van der Waals surface area contributed by atoms with Gasteiger partial charge in [-0.2, -0.15) is 0 Å². The van der Waals surface area contributed by atoms with Crippen LogP contribution in [0.1, 0.15) is 38.3 Å². The van der Waals surface area contributed by atoms with Crippen LogP contribution >= 0.6 is 0 Å². The lowest BCUT2D eigenvalue weighted by atomic mass is 10.0. The van der Waals surface area contributed by atoms with Crippen molar-refractivity contribution in [1.82, 2.24) is 5.32 Å². The Morgan fingerprint density at radius 1 is 1.06 bits per heavy atom. The third kappa shape index (κ3) is 3.02. The van der Waals surface area contributed by atoms with Crippen LogP contribution in [0.15, 0.2) is 47.3 Å². The lowest BCUT2D eigenvalue weighted by Crippen LogP contribution is -2.21. The molecule has 0 bridgehead atoms. The van der Waals surface area contributed by atoms with Crippen LogP contribution in [-0.4, -0.2) is 6.54 Å². The van der Waals surface area contributed by atoms with Crippen LogP contribution in [0.3, 0.4) is 0 Å². The van der Waals surface area contributed by atoms with Crippen LogP contribution in [0.25, 0.3) is 11.1 Å². The van der Waals surface area contributed by atoms with E-state index in [1.165, 1.54) is 17.5 Å². The molecule has 0 saturated carbocycles. The molecule has 0 radical (unpaired) electrons. The molecule has 0 aliphatic heterocycles. The fraction of sp³-hybridized carbons (Fsp3) is 0.375. The van der Waals surface area contributed by atoms with Gasteiger partial charge in [-0.3, -0.25) is 0 Å². The standard InChI is InChI=1S/C16H21NO/c1-3-10-17-16(4-2)14-7-5-13(6-8-14)15-9-11-18-12-15/h5-9,11-12,16-17H,3-4,10H2,1-2H3. The average Bonchev–Trinajstić information content (AvgIpc) is 2.94. The molecule has 1 heterocycles. The number of hydrogen-bond acceptors (Lipinski definition) is 2. The van der Waals surface area contributed by atoms with Crippen LogP contribution in [0.2, 0.25) is 0 Å². The highest BCUT2D eigenvalue weighted by Gasteiger charge is 2.08. The lowest BCUT2D eigenvalue weighted by molar-refractivity contribution is 0.518. The molecule has 2 nitrogen and oxygen atoms in total. The van der Waals surface area contributed by atoms with Crippen molar-refractivity contribution in [1.29, 1.82) is 0 Å². The number of nitrogens with one attached hydrogen (secondary N) is 1. The molecule has 1 aromatic heterocycles. The first kappa shape index (κ1) is 12.9. The lowest BCUT2D eigenvalue weighted by Gasteiger charge is -2.17. The van der Waals surface area contributed by atoms with Crippen molar-refractivity contribution in [2.75, 3.05) is 6.54 Å². The molecule has 0 aliphatic carbocycles. The summed E-state index contributed by atoms with van der Waals surface area (Å²) in [6, 6.07) is 11.2. The summed E-state index contributed by atoms with van der Waals surface area (Å²) in [6.45, 7) is 5.49. The zero-order valence-corrected chi connectivity index (χ0v) is 11.1. The minimum Gasteiger partial charge on any atom is -0.472 e. The van der Waals surface area contributed by atoms with Gasteiger partial charge < -0.3 is 9.73 Å². The van der Waals surface area contributed by atoms with E-state index in [4.69, 9.17) is 4.42 Å². The highest BCUT2D eigenvalue weighted by Crippen LogP contribution is 2.23. The number of rotatable bonds is 6. The van der Waals surface area contributed by atoms with Gasteiger partial charge in [0.05, 0.1) is 12.5 Å². The van der Waals surface area contributed by atoms with Gasteiger partial charge in [-0.15, -0.1) is 0 Å². The molecule has 2 rings (SSSR count). The summed E-state index contributed by atoms with van der Waals surface area (Å²) in [5.41, 5.74) is 3.70. The molecular formula is C16H21NO. The van der Waals surface area contributed by atoms with Gasteiger partial charge in [-0.1, -0.05) is 38.1 Å². The van der Waals surface area contributed by atoms with Gasteiger partial charge in [-0.05, 0) is 36.6 Å². The summed E-state index contributed by atoms with van der Waals surface area (Å²) in [6.07, 6.45) is 5.77. The Hall–Kier alpha value is -1.54. The highest BCUT2D eigenvalue weighted by molar-refractivity contribution is 5.62. The normalized spacial score (nSPS) is 12.6. The summed E-state index contributed by atoms with van der Waals surface area (Å²) in [5, 5.41) is 3.57. The van der Waals surface area contributed by atoms with Crippen molar-refractivity contribution >= 4 is 0 Å². The summed E-state index contributed by atoms with van der Waals surface area (Å²) in [5.74, 6) is 0. The second kappa shape index (κ2) is 6.41. The first-order chi connectivity index (χ1) is 8.85. The van der Waals surface area contributed by atoms with E-state index in [9.17, 15) is 0 Å². The van der Waals surface area contributed by atoms with E-state index in [0.717, 1.165) is 18.5 Å². The smallest absolute Gasteiger partial charge is 0.0980 e. The molecular weight excluding hydrogens is 222 g/mol. The predicted molar refractivity (Wildman–Crippen MR) is 75.5 cm³/mol. The maximum absolute atomic E-state index is 5.11. The third-order valence-corrected chi connectivity index (χ3v) is 3.22. The molecule has 0 fully saturated rings. The fourth-order valence-electron chi connectivity index (χ4n) is 2.15. The van der Waals surface area contributed by atoms with Crippen LogP contribution in [0, 0.1) is 0 Å². The topological polar surface area (TPSA) is 25.2 Å². The second-order valence-electron chi connectivity index (χ2n) is 4.55. The summed E-state index contributed by atoms with van der Waals surface area (Å²) in [7, 11) is 0. The minimum atomic E-state index is 0.461. The van der Waals surface area contributed by atoms with E-state index >= 15 is 0 Å². The Morgan fingerprint density at radius 3 is 2.39 bits per heavy atom. The van der Waals surface area contributed by atoms with Crippen molar-refractivity contribution < 1.29 is 4.42 Å². The summed E-state index contributed by atoms with van der Waals surface area (Å²) < 4.78 is 5.11. The average molecular weight is 243 g/mol. The molecule has 1 aromatic carbocycles. The SMILES string of the molecule is CCCNC(CC)c1ccc(-c2ccoc2)cc1. The van der Waals surface area contributed by atoms with Gasteiger partial charge in [-0.25, -0.2) is 0 Å². The Bertz CT molecular complexity index is 444. The Labute approximate surface area is 109 Å². The molecule has 0 aliphatic rings. The number of furan rings is 1. The quantitative estimate of drug-likeness (QED) is 0.813. The van der Waals surface area contributed by atoms with Crippen LogP contribution in [0.4, 0.5) is 0 Å². The second-order valence-corrected chi connectivity index (χ2v) is 4.55. The molecule has 1 unspecified atom stereocenters. The third-order valence-electron chi connectivity index (χ3n) is 3.22. The maximum Gasteiger partial charge on any atom is 0.0980 e. The molecule has 0 spiro atoms. The van der Waals surface area contributed by atoms with Crippen molar-refractivity contribution in [3.8, 4) is 11.1 Å². The van der Waals surface area contributed by atoms with Crippen molar-refractivity contribution in [2.24, 2.45) is 0 Å². The molecule has 18 heavy (non-hydrogen) atoms. The first-order valence-corrected chi connectivity index (χ1v) is 6.71. The van der Waals surface area contributed by atoms with Gasteiger partial charge in [0, 0.05) is 11.6 Å². The Kier molecular flexibility index (Phi) is 4.59. The summed E-state index contributed by atoms with van der Waals surface area (Å²) >= 11 is 0. The number of benzene rings is 1. The molecule has 1 atom stereocenters.